The van der Waals surface area contributed by atoms with Gasteiger partial charge in [-0.2, -0.15) is 5.26 Å². The Morgan fingerprint density at radius 2 is 1.85 bits per heavy atom. The SMILES string of the molecule is CCSC(SCC)=C(C#N)C(N)=O. The molecule has 0 unspecified atom stereocenters. The number of nitrogens with zero attached hydrogens (tertiary/aromatic N) is 1. The zero-order valence-electron chi connectivity index (χ0n) is 7.66. The molecular weight excluding hydrogens is 204 g/mol. The first-order valence-corrected chi connectivity index (χ1v) is 5.84. The molecule has 72 valence electrons. The average Bonchev–Trinajstić information content (AvgIpc) is 2.05. The number of carbonyl (C=O) groups excluding carboxylic acids is 1. The number of amides is 1. The number of carbonyl (C=O) groups is 1. The molecular formula is C8H12N2OS2. The van der Waals surface area contributed by atoms with Crippen molar-refractivity contribution in [3.63, 3.8) is 0 Å². The molecule has 0 aliphatic carbocycles. The number of nitrogens with two attached hydrogens (primary N) is 1. The molecule has 0 bridgehead atoms. The quantitative estimate of drug-likeness (QED) is 0.561. The van der Waals surface area contributed by atoms with Crippen molar-refractivity contribution in [1.29, 1.82) is 5.26 Å². The molecule has 0 saturated carbocycles. The smallest absolute Gasteiger partial charge is 0.261 e. The van der Waals surface area contributed by atoms with Crippen molar-refractivity contribution in [1.82, 2.24) is 0 Å². The van der Waals surface area contributed by atoms with Gasteiger partial charge in [-0.1, -0.05) is 13.8 Å². The molecule has 0 aromatic heterocycles. The standard InChI is InChI=1S/C8H12N2OS2/c1-3-12-8(13-4-2)6(5-9)7(10)11/h3-4H2,1-2H3,(H2,10,11). The van der Waals surface area contributed by atoms with Gasteiger partial charge in [-0.3, -0.25) is 4.79 Å². The minimum atomic E-state index is -0.639. The molecule has 0 spiro atoms. The van der Waals surface area contributed by atoms with E-state index >= 15 is 0 Å². The van der Waals surface area contributed by atoms with Crippen molar-refractivity contribution in [3.8, 4) is 6.07 Å². The monoisotopic (exact) mass is 216 g/mol. The zero-order chi connectivity index (χ0) is 10.3. The zero-order valence-corrected chi connectivity index (χ0v) is 9.30. The number of thioether (sulfide) groups is 2. The molecule has 1 amide bonds. The lowest BCUT2D eigenvalue weighted by molar-refractivity contribution is -0.114. The van der Waals surface area contributed by atoms with E-state index in [9.17, 15) is 4.79 Å². The maximum absolute atomic E-state index is 10.8. The van der Waals surface area contributed by atoms with Crippen molar-refractivity contribution in [2.45, 2.75) is 13.8 Å². The number of rotatable bonds is 5. The summed E-state index contributed by atoms with van der Waals surface area (Å²) in [5.41, 5.74) is 5.14. The van der Waals surface area contributed by atoms with Crippen LogP contribution in [0.2, 0.25) is 0 Å². The number of primary amides is 1. The Hall–Kier alpha value is -0.600. The maximum Gasteiger partial charge on any atom is 0.261 e. The fraction of sp³-hybridized carbons (Fsp3) is 0.500. The molecule has 5 heteroatoms. The van der Waals surface area contributed by atoms with E-state index in [2.05, 4.69) is 0 Å². The Morgan fingerprint density at radius 1 is 1.38 bits per heavy atom. The second kappa shape index (κ2) is 6.87. The Bertz CT molecular complexity index is 247. The van der Waals surface area contributed by atoms with Crippen LogP contribution in [0.15, 0.2) is 9.81 Å². The minimum Gasteiger partial charge on any atom is -0.365 e. The number of nitriles is 1. The Labute approximate surface area is 86.7 Å². The highest BCUT2D eigenvalue weighted by Crippen LogP contribution is 2.30. The molecule has 0 fully saturated rings. The molecule has 3 nitrogen and oxygen atoms in total. The molecule has 0 aromatic carbocycles. The van der Waals surface area contributed by atoms with Crippen molar-refractivity contribution in [2.75, 3.05) is 11.5 Å². The fourth-order valence-electron chi connectivity index (χ4n) is 0.650. The van der Waals surface area contributed by atoms with Gasteiger partial charge in [0.25, 0.3) is 5.91 Å². The summed E-state index contributed by atoms with van der Waals surface area (Å²) in [6, 6.07) is 1.83. The van der Waals surface area contributed by atoms with Crippen LogP contribution in [0.25, 0.3) is 0 Å². The van der Waals surface area contributed by atoms with Crippen molar-refractivity contribution in [2.24, 2.45) is 5.73 Å². The number of hydrogen-bond donors (Lipinski definition) is 1. The van der Waals surface area contributed by atoms with Gasteiger partial charge in [-0.05, 0) is 11.5 Å². The lowest BCUT2D eigenvalue weighted by atomic mass is 10.3. The molecule has 0 saturated heterocycles. The van der Waals surface area contributed by atoms with Gasteiger partial charge in [0.05, 0.1) is 4.24 Å². The largest absolute Gasteiger partial charge is 0.365 e. The average molecular weight is 216 g/mol. The van der Waals surface area contributed by atoms with Gasteiger partial charge in [0.15, 0.2) is 0 Å². The van der Waals surface area contributed by atoms with Gasteiger partial charge in [-0.15, -0.1) is 23.5 Å². The van der Waals surface area contributed by atoms with E-state index in [4.69, 9.17) is 11.0 Å². The van der Waals surface area contributed by atoms with E-state index < -0.39 is 5.91 Å². The third-order valence-electron chi connectivity index (χ3n) is 1.11. The predicted octanol–water partition coefficient (Wildman–Crippen LogP) is 1.71. The first-order chi connectivity index (χ1) is 6.17. The lowest BCUT2D eigenvalue weighted by Gasteiger charge is -2.04. The summed E-state index contributed by atoms with van der Waals surface area (Å²) in [5, 5.41) is 8.68. The van der Waals surface area contributed by atoms with Crippen molar-refractivity contribution >= 4 is 29.4 Å². The van der Waals surface area contributed by atoms with Gasteiger partial charge in [0.1, 0.15) is 11.6 Å². The van der Waals surface area contributed by atoms with Crippen LogP contribution in [0.1, 0.15) is 13.8 Å². The van der Waals surface area contributed by atoms with Crippen LogP contribution < -0.4 is 5.73 Å². The highest BCUT2D eigenvalue weighted by Gasteiger charge is 2.11. The van der Waals surface area contributed by atoms with E-state index in [1.165, 1.54) is 23.5 Å². The van der Waals surface area contributed by atoms with E-state index in [1.54, 1.807) is 0 Å². The summed E-state index contributed by atoms with van der Waals surface area (Å²) < 4.78 is 0.736. The topological polar surface area (TPSA) is 66.9 Å². The molecule has 0 atom stereocenters. The molecule has 0 aromatic rings. The molecule has 2 N–H and O–H groups in total. The molecule has 0 heterocycles. The van der Waals surface area contributed by atoms with Gasteiger partial charge >= 0.3 is 0 Å². The molecule has 0 radical (unpaired) electrons. The van der Waals surface area contributed by atoms with Crippen LogP contribution in [-0.4, -0.2) is 17.4 Å². The van der Waals surface area contributed by atoms with Crippen LogP contribution in [0.3, 0.4) is 0 Å². The minimum absolute atomic E-state index is 0.0821. The van der Waals surface area contributed by atoms with Gasteiger partial charge in [0, 0.05) is 0 Å². The summed E-state index contributed by atoms with van der Waals surface area (Å²) in [4.78, 5) is 10.8. The van der Waals surface area contributed by atoms with E-state index in [-0.39, 0.29) is 5.57 Å². The predicted molar refractivity (Wildman–Crippen MR) is 58.1 cm³/mol. The highest BCUT2D eigenvalue weighted by molar-refractivity contribution is 8.22. The Balaban J connectivity index is 4.79. The summed E-state index contributed by atoms with van der Waals surface area (Å²) in [5.74, 6) is 1.03. The van der Waals surface area contributed by atoms with Crippen molar-refractivity contribution < 1.29 is 4.79 Å². The van der Waals surface area contributed by atoms with Crippen LogP contribution in [0.5, 0.6) is 0 Å². The molecule has 0 aliphatic rings. The van der Waals surface area contributed by atoms with Gasteiger partial charge < -0.3 is 5.73 Å². The van der Waals surface area contributed by atoms with Gasteiger partial charge in [-0.25, -0.2) is 0 Å². The van der Waals surface area contributed by atoms with Gasteiger partial charge in [0.2, 0.25) is 0 Å². The first kappa shape index (κ1) is 12.4. The second-order valence-corrected chi connectivity index (χ2v) is 4.81. The van der Waals surface area contributed by atoms with Crippen molar-refractivity contribution in [3.05, 3.63) is 9.81 Å². The van der Waals surface area contributed by atoms with Crippen LogP contribution in [0.4, 0.5) is 0 Å². The van der Waals surface area contributed by atoms with E-state index in [1.807, 2.05) is 19.9 Å². The van der Waals surface area contributed by atoms with Crippen LogP contribution in [0, 0.1) is 11.3 Å². The van der Waals surface area contributed by atoms with E-state index in [0.29, 0.717) is 0 Å². The summed E-state index contributed by atoms with van der Waals surface area (Å²) in [7, 11) is 0. The summed E-state index contributed by atoms with van der Waals surface area (Å²) >= 11 is 2.96. The van der Waals surface area contributed by atoms with Crippen LogP contribution >= 0.6 is 23.5 Å². The summed E-state index contributed by atoms with van der Waals surface area (Å²) in [6.45, 7) is 3.94. The maximum atomic E-state index is 10.8. The Kier molecular flexibility index (Phi) is 6.55. The Morgan fingerprint density at radius 3 is 2.08 bits per heavy atom. The van der Waals surface area contributed by atoms with Crippen LogP contribution in [-0.2, 0) is 4.79 Å². The van der Waals surface area contributed by atoms with E-state index in [0.717, 1.165) is 15.7 Å². The lowest BCUT2D eigenvalue weighted by Crippen LogP contribution is -2.13. The fourth-order valence-corrected chi connectivity index (χ4v) is 2.80. The number of hydrogen-bond acceptors (Lipinski definition) is 4. The highest BCUT2D eigenvalue weighted by atomic mass is 32.2. The first-order valence-electron chi connectivity index (χ1n) is 3.87. The summed E-state index contributed by atoms with van der Waals surface area (Å²) in [6.07, 6.45) is 0. The third kappa shape index (κ3) is 4.25. The normalized spacial score (nSPS) is 9.00. The second-order valence-electron chi connectivity index (χ2n) is 2.00. The molecule has 13 heavy (non-hydrogen) atoms. The molecule has 0 rings (SSSR count). The molecule has 0 aliphatic heterocycles. The third-order valence-corrected chi connectivity index (χ3v) is 3.33.